The van der Waals surface area contributed by atoms with Crippen molar-refractivity contribution in [3.63, 3.8) is 0 Å². The molecule has 0 aliphatic rings. The van der Waals surface area contributed by atoms with Crippen molar-refractivity contribution in [3.05, 3.63) is 56.1 Å². The normalized spacial score (nSPS) is 12.6. The van der Waals surface area contributed by atoms with Crippen LogP contribution in [0.1, 0.15) is 19.9 Å². The van der Waals surface area contributed by atoms with Gasteiger partial charge in [-0.3, -0.25) is 18.7 Å². The van der Waals surface area contributed by atoms with E-state index in [2.05, 4.69) is 0 Å². The minimum atomic E-state index is -3.52. The number of sulfone groups is 1. The van der Waals surface area contributed by atoms with Crippen molar-refractivity contribution in [2.45, 2.75) is 26.6 Å². The van der Waals surface area contributed by atoms with Crippen LogP contribution in [0.3, 0.4) is 0 Å². The van der Waals surface area contributed by atoms with Crippen LogP contribution < -0.4 is 11.2 Å². The van der Waals surface area contributed by atoms with Crippen LogP contribution in [0.5, 0.6) is 0 Å². The van der Waals surface area contributed by atoms with Gasteiger partial charge in [0.1, 0.15) is 15.7 Å². The summed E-state index contributed by atoms with van der Waals surface area (Å²) >= 11 is 5.97. The lowest BCUT2D eigenvalue weighted by Gasteiger charge is -2.18. The van der Waals surface area contributed by atoms with Crippen molar-refractivity contribution in [2.24, 2.45) is 0 Å². The number of carbonyl (C=O) groups excluding carboxylic acids is 1. The van der Waals surface area contributed by atoms with E-state index >= 15 is 0 Å². The molecule has 0 N–H and O–H groups in total. The summed E-state index contributed by atoms with van der Waals surface area (Å²) in [5.41, 5.74) is -1.84. The number of carbonyl (C=O) groups is 1. The Kier molecular flexibility index (Phi) is 6.45. The molecule has 0 bridgehead atoms. The Bertz CT molecular complexity index is 1140. The first kappa shape index (κ1) is 21.8. The third-order valence-corrected chi connectivity index (χ3v) is 5.29. The quantitative estimate of drug-likeness (QED) is 0.642. The second-order valence-electron chi connectivity index (χ2n) is 6.28. The number of esters is 1. The lowest BCUT2D eigenvalue weighted by atomic mass is 10.1. The lowest BCUT2D eigenvalue weighted by Crippen LogP contribution is -2.43. The molecular formula is C17H18ClFN2O6S. The minimum absolute atomic E-state index is 0.0172. The number of halogens is 2. The third-order valence-electron chi connectivity index (χ3n) is 3.82. The fourth-order valence-electron chi connectivity index (χ4n) is 2.67. The zero-order valence-corrected chi connectivity index (χ0v) is 16.9. The predicted molar refractivity (Wildman–Crippen MR) is 102 cm³/mol. The SMILES string of the molecule is CC(=O)OCn1cc(-c2cccc(F)c2Cl)c(=O)n([C@@H](C)CS(C)(=O)=O)c1=O. The van der Waals surface area contributed by atoms with Crippen LogP contribution in [0, 0.1) is 5.82 Å². The maximum Gasteiger partial charge on any atom is 0.334 e. The second-order valence-corrected chi connectivity index (χ2v) is 8.84. The molecule has 0 radical (unpaired) electrons. The Morgan fingerprint density at radius 3 is 2.50 bits per heavy atom. The van der Waals surface area contributed by atoms with Crippen molar-refractivity contribution < 1.29 is 22.3 Å². The second kappa shape index (κ2) is 8.27. The van der Waals surface area contributed by atoms with Gasteiger partial charge in [0.05, 0.1) is 22.4 Å². The first-order valence-electron chi connectivity index (χ1n) is 8.04. The number of aromatic nitrogens is 2. The molecule has 28 heavy (non-hydrogen) atoms. The van der Waals surface area contributed by atoms with Crippen molar-refractivity contribution >= 4 is 27.4 Å². The van der Waals surface area contributed by atoms with E-state index in [9.17, 15) is 27.2 Å². The highest BCUT2D eigenvalue weighted by Crippen LogP contribution is 2.27. The van der Waals surface area contributed by atoms with Crippen LogP contribution in [0.4, 0.5) is 4.39 Å². The van der Waals surface area contributed by atoms with Gasteiger partial charge in [0.15, 0.2) is 6.73 Å². The highest BCUT2D eigenvalue weighted by molar-refractivity contribution is 7.90. The van der Waals surface area contributed by atoms with E-state index in [-0.39, 0.29) is 16.1 Å². The Labute approximate surface area is 165 Å². The van der Waals surface area contributed by atoms with E-state index in [1.165, 1.54) is 19.1 Å². The molecule has 1 atom stereocenters. The first-order valence-corrected chi connectivity index (χ1v) is 10.5. The number of hydrogen-bond acceptors (Lipinski definition) is 6. The Morgan fingerprint density at radius 2 is 1.93 bits per heavy atom. The summed E-state index contributed by atoms with van der Waals surface area (Å²) in [6.07, 6.45) is 2.07. The number of rotatable bonds is 6. The van der Waals surface area contributed by atoms with Crippen LogP contribution in [0.15, 0.2) is 34.0 Å². The zero-order chi connectivity index (χ0) is 21.2. The van der Waals surface area contributed by atoms with E-state index in [1.807, 2.05) is 0 Å². The molecule has 0 aliphatic heterocycles. The smallest absolute Gasteiger partial charge is 0.334 e. The molecule has 1 heterocycles. The highest BCUT2D eigenvalue weighted by Gasteiger charge is 2.22. The fraction of sp³-hybridized carbons (Fsp3) is 0.353. The average molecular weight is 433 g/mol. The summed E-state index contributed by atoms with van der Waals surface area (Å²) < 4.78 is 43.6. The van der Waals surface area contributed by atoms with Gasteiger partial charge in [0.25, 0.3) is 5.56 Å². The van der Waals surface area contributed by atoms with Gasteiger partial charge in [-0.2, -0.15) is 0 Å². The minimum Gasteiger partial charge on any atom is -0.444 e. The molecule has 0 unspecified atom stereocenters. The highest BCUT2D eigenvalue weighted by atomic mass is 35.5. The van der Waals surface area contributed by atoms with Gasteiger partial charge in [-0.15, -0.1) is 0 Å². The molecule has 0 amide bonds. The maximum atomic E-state index is 13.9. The number of benzene rings is 1. The molecule has 152 valence electrons. The monoisotopic (exact) mass is 432 g/mol. The van der Waals surface area contributed by atoms with Crippen LogP contribution in [-0.4, -0.2) is 35.5 Å². The van der Waals surface area contributed by atoms with Crippen molar-refractivity contribution in [2.75, 3.05) is 12.0 Å². The maximum absolute atomic E-state index is 13.9. The molecule has 0 fully saturated rings. The van der Waals surface area contributed by atoms with Gasteiger partial charge in [-0.05, 0) is 13.0 Å². The van der Waals surface area contributed by atoms with Crippen LogP contribution in [-0.2, 0) is 26.1 Å². The molecule has 0 saturated heterocycles. The Balaban J connectivity index is 2.78. The Hall–Kier alpha value is -2.46. The summed E-state index contributed by atoms with van der Waals surface area (Å²) in [4.78, 5) is 36.7. The predicted octanol–water partition coefficient (Wildman–Crippen LogP) is 1.60. The summed E-state index contributed by atoms with van der Waals surface area (Å²) in [5, 5.41) is -0.334. The molecule has 1 aromatic heterocycles. The molecule has 0 aliphatic carbocycles. The van der Waals surface area contributed by atoms with Crippen molar-refractivity contribution in [1.29, 1.82) is 0 Å². The molecule has 8 nitrogen and oxygen atoms in total. The molecular weight excluding hydrogens is 415 g/mol. The molecule has 2 rings (SSSR count). The standard InChI is InChI=1S/C17H18ClFN2O6S/c1-10(8-28(3,25)26)21-16(23)13(12-5-4-6-14(19)15(12)18)7-20(17(21)24)9-27-11(2)22/h4-7,10H,8-9H2,1-3H3/t10-/m0/s1. The van der Waals surface area contributed by atoms with Gasteiger partial charge in [-0.1, -0.05) is 23.7 Å². The van der Waals surface area contributed by atoms with Gasteiger partial charge in [-0.25, -0.2) is 17.6 Å². The zero-order valence-electron chi connectivity index (χ0n) is 15.3. The topological polar surface area (TPSA) is 104 Å². The van der Waals surface area contributed by atoms with Crippen LogP contribution in [0.25, 0.3) is 11.1 Å². The van der Waals surface area contributed by atoms with E-state index in [0.29, 0.717) is 0 Å². The molecule has 0 spiro atoms. The largest absolute Gasteiger partial charge is 0.444 e. The van der Waals surface area contributed by atoms with E-state index in [0.717, 1.165) is 34.6 Å². The summed E-state index contributed by atoms with van der Waals surface area (Å²) in [7, 11) is -3.52. The van der Waals surface area contributed by atoms with Gasteiger partial charge >= 0.3 is 11.7 Å². The van der Waals surface area contributed by atoms with E-state index in [4.69, 9.17) is 16.3 Å². The molecule has 11 heteroatoms. The van der Waals surface area contributed by atoms with Gasteiger partial charge in [0, 0.05) is 24.9 Å². The molecule has 0 saturated carbocycles. The number of nitrogens with zero attached hydrogens (tertiary/aromatic N) is 2. The summed E-state index contributed by atoms with van der Waals surface area (Å²) in [6, 6.07) is 2.80. The third kappa shape index (κ3) is 4.87. The molecule has 2 aromatic rings. The van der Waals surface area contributed by atoms with Crippen molar-refractivity contribution in [1.82, 2.24) is 9.13 Å². The van der Waals surface area contributed by atoms with Gasteiger partial charge < -0.3 is 4.74 Å². The van der Waals surface area contributed by atoms with E-state index in [1.54, 1.807) is 0 Å². The summed E-state index contributed by atoms with van der Waals surface area (Å²) in [5.74, 6) is -1.91. The van der Waals surface area contributed by atoms with Gasteiger partial charge in [0.2, 0.25) is 0 Å². The van der Waals surface area contributed by atoms with Crippen LogP contribution >= 0.6 is 11.6 Å². The first-order chi connectivity index (χ1) is 12.9. The lowest BCUT2D eigenvalue weighted by molar-refractivity contribution is -0.144. The molecule has 1 aromatic carbocycles. The summed E-state index contributed by atoms with van der Waals surface area (Å²) in [6.45, 7) is 2.01. The number of hydrogen-bond donors (Lipinski definition) is 0. The van der Waals surface area contributed by atoms with E-state index < -0.39 is 51.4 Å². The van der Waals surface area contributed by atoms with Crippen molar-refractivity contribution in [3.8, 4) is 11.1 Å². The fourth-order valence-corrected chi connectivity index (χ4v) is 3.93. The Morgan fingerprint density at radius 1 is 1.29 bits per heavy atom. The number of ether oxygens (including phenoxy) is 1. The van der Waals surface area contributed by atoms with Crippen LogP contribution in [0.2, 0.25) is 5.02 Å². The average Bonchev–Trinajstić information content (AvgIpc) is 2.55.